The molecule has 1 atom stereocenters. The number of hydrogen-bond donors (Lipinski definition) is 1. The van der Waals surface area contributed by atoms with Gasteiger partial charge in [-0.15, -0.1) is 0 Å². The van der Waals surface area contributed by atoms with E-state index in [4.69, 9.17) is 0 Å². The lowest BCUT2D eigenvalue weighted by Crippen LogP contribution is -2.06. The summed E-state index contributed by atoms with van der Waals surface area (Å²) in [5, 5.41) is 10.6. The topological polar surface area (TPSA) is 20.2 Å². The standard InChI is InChI=1S/C17H16Br2O/c18-14-7-8-16(19)15(10-14)17(20)13-6-5-11-3-1-2-4-12(11)9-13/h5-10,17,20H,1-4H2. The highest BCUT2D eigenvalue weighted by molar-refractivity contribution is 9.11. The summed E-state index contributed by atoms with van der Waals surface area (Å²) in [6.45, 7) is 0. The van der Waals surface area contributed by atoms with Crippen LogP contribution in [0, 0.1) is 0 Å². The lowest BCUT2D eigenvalue weighted by molar-refractivity contribution is 0.219. The molecule has 0 amide bonds. The third-order valence-electron chi connectivity index (χ3n) is 3.94. The van der Waals surface area contributed by atoms with E-state index in [2.05, 4.69) is 50.1 Å². The Hall–Kier alpha value is -0.640. The summed E-state index contributed by atoms with van der Waals surface area (Å²) in [6, 6.07) is 12.3. The van der Waals surface area contributed by atoms with Crippen molar-refractivity contribution in [1.29, 1.82) is 0 Å². The molecule has 0 radical (unpaired) electrons. The second kappa shape index (κ2) is 6.00. The third kappa shape index (κ3) is 2.85. The van der Waals surface area contributed by atoms with Gasteiger partial charge in [-0.25, -0.2) is 0 Å². The average molecular weight is 396 g/mol. The summed E-state index contributed by atoms with van der Waals surface area (Å²) in [7, 11) is 0. The van der Waals surface area contributed by atoms with Crippen LogP contribution >= 0.6 is 31.9 Å². The van der Waals surface area contributed by atoms with Crippen molar-refractivity contribution < 1.29 is 5.11 Å². The monoisotopic (exact) mass is 394 g/mol. The highest BCUT2D eigenvalue weighted by Gasteiger charge is 2.17. The highest BCUT2D eigenvalue weighted by atomic mass is 79.9. The molecule has 2 aromatic carbocycles. The van der Waals surface area contributed by atoms with Gasteiger partial charge >= 0.3 is 0 Å². The Morgan fingerprint density at radius 3 is 2.45 bits per heavy atom. The van der Waals surface area contributed by atoms with E-state index in [1.165, 1.54) is 30.4 Å². The SMILES string of the molecule is OC(c1ccc2c(c1)CCCC2)c1cc(Br)ccc1Br. The first-order valence-electron chi connectivity index (χ1n) is 6.90. The Labute approximate surface area is 136 Å². The number of aliphatic hydroxyl groups excluding tert-OH is 1. The molecule has 0 aliphatic heterocycles. The van der Waals surface area contributed by atoms with Crippen LogP contribution in [0.3, 0.4) is 0 Å². The van der Waals surface area contributed by atoms with Gasteiger partial charge in [0.25, 0.3) is 0 Å². The molecule has 0 spiro atoms. The molecule has 1 aliphatic rings. The molecule has 1 nitrogen and oxygen atoms in total. The van der Waals surface area contributed by atoms with Crippen LogP contribution in [0.25, 0.3) is 0 Å². The zero-order chi connectivity index (χ0) is 14.1. The minimum atomic E-state index is -0.589. The number of halogens is 2. The molecule has 0 bridgehead atoms. The first-order valence-corrected chi connectivity index (χ1v) is 8.48. The molecule has 2 aromatic rings. The predicted octanol–water partition coefficient (Wildman–Crippen LogP) is 5.17. The van der Waals surface area contributed by atoms with E-state index in [-0.39, 0.29) is 0 Å². The van der Waals surface area contributed by atoms with Crippen molar-refractivity contribution in [3.8, 4) is 0 Å². The predicted molar refractivity (Wildman–Crippen MR) is 89.0 cm³/mol. The van der Waals surface area contributed by atoms with E-state index in [1.54, 1.807) is 0 Å². The number of rotatable bonds is 2. The van der Waals surface area contributed by atoms with Crippen molar-refractivity contribution >= 4 is 31.9 Å². The number of aliphatic hydroxyl groups is 1. The van der Waals surface area contributed by atoms with Crippen molar-refractivity contribution in [1.82, 2.24) is 0 Å². The molecule has 1 aliphatic carbocycles. The highest BCUT2D eigenvalue weighted by Crippen LogP contribution is 2.33. The van der Waals surface area contributed by atoms with E-state index < -0.39 is 6.10 Å². The maximum Gasteiger partial charge on any atom is 0.105 e. The van der Waals surface area contributed by atoms with Crippen molar-refractivity contribution in [3.05, 3.63) is 67.6 Å². The van der Waals surface area contributed by atoms with Crippen LogP contribution in [-0.4, -0.2) is 5.11 Å². The third-order valence-corrected chi connectivity index (χ3v) is 5.16. The van der Waals surface area contributed by atoms with Crippen LogP contribution in [0.1, 0.15) is 41.2 Å². The van der Waals surface area contributed by atoms with Gasteiger partial charge in [0.2, 0.25) is 0 Å². The Kier molecular flexibility index (Phi) is 4.29. The molecule has 0 fully saturated rings. The van der Waals surface area contributed by atoms with Crippen molar-refractivity contribution in [2.75, 3.05) is 0 Å². The van der Waals surface area contributed by atoms with Crippen LogP contribution < -0.4 is 0 Å². The molecule has 0 saturated heterocycles. The van der Waals surface area contributed by atoms with Crippen LogP contribution in [0.15, 0.2) is 45.3 Å². The Morgan fingerprint density at radius 2 is 1.65 bits per heavy atom. The zero-order valence-electron chi connectivity index (χ0n) is 11.1. The van der Waals surface area contributed by atoms with Gasteiger partial charge in [-0.1, -0.05) is 50.1 Å². The van der Waals surface area contributed by atoms with Gasteiger partial charge in [0.1, 0.15) is 6.10 Å². The van der Waals surface area contributed by atoms with Gasteiger partial charge in [0, 0.05) is 14.5 Å². The Bertz CT molecular complexity index is 637. The zero-order valence-corrected chi connectivity index (χ0v) is 14.2. The minimum Gasteiger partial charge on any atom is -0.384 e. The van der Waals surface area contributed by atoms with E-state index in [1.807, 2.05) is 18.2 Å². The number of fused-ring (bicyclic) bond motifs is 1. The summed E-state index contributed by atoms with van der Waals surface area (Å²) in [4.78, 5) is 0. The molecular weight excluding hydrogens is 380 g/mol. The van der Waals surface area contributed by atoms with Gasteiger partial charge in [-0.05, 0) is 60.6 Å². The maximum absolute atomic E-state index is 10.6. The normalized spacial score (nSPS) is 15.8. The lowest BCUT2D eigenvalue weighted by atomic mass is 9.88. The second-order valence-electron chi connectivity index (χ2n) is 5.30. The molecule has 3 rings (SSSR count). The van der Waals surface area contributed by atoms with Crippen molar-refractivity contribution in [3.63, 3.8) is 0 Å². The van der Waals surface area contributed by atoms with Crippen LogP contribution in [0.2, 0.25) is 0 Å². The van der Waals surface area contributed by atoms with E-state index in [9.17, 15) is 5.11 Å². The van der Waals surface area contributed by atoms with Gasteiger partial charge in [0.05, 0.1) is 0 Å². The minimum absolute atomic E-state index is 0.589. The van der Waals surface area contributed by atoms with E-state index in [0.29, 0.717) is 0 Å². The summed E-state index contributed by atoms with van der Waals surface area (Å²) in [6.07, 6.45) is 4.26. The number of hydrogen-bond acceptors (Lipinski definition) is 1. The summed E-state index contributed by atoms with van der Waals surface area (Å²) < 4.78 is 1.92. The van der Waals surface area contributed by atoms with Gasteiger partial charge < -0.3 is 5.11 Å². The second-order valence-corrected chi connectivity index (χ2v) is 7.07. The van der Waals surface area contributed by atoms with E-state index in [0.717, 1.165) is 26.5 Å². The van der Waals surface area contributed by atoms with E-state index >= 15 is 0 Å². The van der Waals surface area contributed by atoms with Crippen LogP contribution in [0.5, 0.6) is 0 Å². The molecule has 20 heavy (non-hydrogen) atoms. The van der Waals surface area contributed by atoms with Crippen molar-refractivity contribution in [2.24, 2.45) is 0 Å². The quantitative estimate of drug-likeness (QED) is 0.743. The smallest absolute Gasteiger partial charge is 0.105 e. The molecule has 0 saturated carbocycles. The maximum atomic E-state index is 10.6. The summed E-state index contributed by atoms with van der Waals surface area (Å²) >= 11 is 6.99. The van der Waals surface area contributed by atoms with Crippen LogP contribution in [0.4, 0.5) is 0 Å². The summed E-state index contributed by atoms with van der Waals surface area (Å²) in [5.41, 5.74) is 4.72. The number of benzene rings is 2. The lowest BCUT2D eigenvalue weighted by Gasteiger charge is -2.19. The average Bonchev–Trinajstić information content (AvgIpc) is 2.48. The van der Waals surface area contributed by atoms with Crippen LogP contribution in [-0.2, 0) is 12.8 Å². The molecule has 104 valence electrons. The first-order chi connectivity index (χ1) is 9.65. The van der Waals surface area contributed by atoms with Gasteiger partial charge in [-0.2, -0.15) is 0 Å². The van der Waals surface area contributed by atoms with Gasteiger partial charge in [0.15, 0.2) is 0 Å². The largest absolute Gasteiger partial charge is 0.384 e. The molecule has 1 unspecified atom stereocenters. The fraction of sp³-hybridized carbons (Fsp3) is 0.294. The molecular formula is C17H16Br2O. The summed E-state index contributed by atoms with van der Waals surface area (Å²) in [5.74, 6) is 0. The first kappa shape index (κ1) is 14.3. The van der Waals surface area contributed by atoms with Crippen molar-refractivity contribution in [2.45, 2.75) is 31.8 Å². The fourth-order valence-electron chi connectivity index (χ4n) is 2.83. The molecule has 0 heterocycles. The molecule has 3 heteroatoms. The number of aryl methyl sites for hydroxylation is 2. The molecule has 1 N–H and O–H groups in total. The van der Waals surface area contributed by atoms with Gasteiger partial charge in [-0.3, -0.25) is 0 Å². The molecule has 0 aromatic heterocycles. The Morgan fingerprint density at radius 1 is 0.900 bits per heavy atom. The Balaban J connectivity index is 1.97. The fourth-order valence-corrected chi connectivity index (χ4v) is 3.67.